The van der Waals surface area contributed by atoms with Crippen molar-refractivity contribution in [2.75, 3.05) is 50.6 Å². The van der Waals surface area contributed by atoms with Crippen molar-refractivity contribution in [2.24, 2.45) is 0 Å². The summed E-state index contributed by atoms with van der Waals surface area (Å²) in [5.74, 6) is 0.646. The molecule has 0 bridgehead atoms. The number of ether oxygens (including phenoxy) is 2. The molecule has 2 heterocycles. The molecule has 0 radical (unpaired) electrons. The first-order chi connectivity index (χ1) is 13.1. The summed E-state index contributed by atoms with van der Waals surface area (Å²) in [4.78, 5) is 32.8. The molecule has 0 spiro atoms. The van der Waals surface area contributed by atoms with E-state index in [0.29, 0.717) is 43.4 Å². The quantitative estimate of drug-likeness (QED) is 0.819. The Kier molecular flexibility index (Phi) is 5.75. The van der Waals surface area contributed by atoms with Crippen molar-refractivity contribution in [2.45, 2.75) is 0 Å². The van der Waals surface area contributed by atoms with Gasteiger partial charge in [-0.15, -0.1) is 0 Å². The SMILES string of the molecule is COc1ccc(NC(=O)C(=O)N2CCN(c3ccccn3)CC2)c(OC)c1. The monoisotopic (exact) mass is 370 g/mol. The van der Waals surface area contributed by atoms with Crippen LogP contribution < -0.4 is 19.7 Å². The second-order valence-electron chi connectivity index (χ2n) is 5.99. The number of methoxy groups -OCH3 is 2. The summed E-state index contributed by atoms with van der Waals surface area (Å²) in [6, 6.07) is 10.7. The van der Waals surface area contributed by atoms with E-state index in [1.165, 1.54) is 7.11 Å². The minimum Gasteiger partial charge on any atom is -0.497 e. The van der Waals surface area contributed by atoms with Gasteiger partial charge in [0.15, 0.2) is 0 Å². The molecule has 0 atom stereocenters. The summed E-state index contributed by atoms with van der Waals surface area (Å²) in [6.07, 6.45) is 1.74. The van der Waals surface area contributed by atoms with Gasteiger partial charge >= 0.3 is 11.8 Å². The highest BCUT2D eigenvalue weighted by atomic mass is 16.5. The normalized spacial score (nSPS) is 13.9. The number of aromatic nitrogens is 1. The summed E-state index contributed by atoms with van der Waals surface area (Å²) in [6.45, 7) is 2.18. The van der Waals surface area contributed by atoms with Gasteiger partial charge in [0.05, 0.1) is 19.9 Å². The Labute approximate surface area is 157 Å². The molecule has 2 aromatic rings. The van der Waals surface area contributed by atoms with Gasteiger partial charge in [0, 0.05) is 38.4 Å². The molecule has 27 heavy (non-hydrogen) atoms. The molecule has 1 aliphatic heterocycles. The first-order valence-corrected chi connectivity index (χ1v) is 8.60. The Bertz CT molecular complexity index is 805. The largest absolute Gasteiger partial charge is 0.497 e. The Hall–Kier alpha value is -3.29. The second kappa shape index (κ2) is 8.39. The van der Waals surface area contributed by atoms with Crippen LogP contribution in [0.3, 0.4) is 0 Å². The lowest BCUT2D eigenvalue weighted by Crippen LogP contribution is -2.51. The fourth-order valence-corrected chi connectivity index (χ4v) is 2.90. The number of anilines is 2. The van der Waals surface area contributed by atoms with Crippen molar-refractivity contribution in [1.82, 2.24) is 9.88 Å². The molecule has 0 aliphatic carbocycles. The molecule has 1 N–H and O–H groups in total. The minimum absolute atomic E-state index is 0.420. The van der Waals surface area contributed by atoms with Gasteiger partial charge < -0.3 is 24.6 Å². The third-order valence-electron chi connectivity index (χ3n) is 4.39. The highest BCUT2D eigenvalue weighted by molar-refractivity contribution is 6.39. The van der Waals surface area contributed by atoms with Crippen molar-refractivity contribution in [3.63, 3.8) is 0 Å². The lowest BCUT2D eigenvalue weighted by Gasteiger charge is -2.35. The molecule has 0 saturated carbocycles. The van der Waals surface area contributed by atoms with E-state index in [0.717, 1.165) is 5.82 Å². The van der Waals surface area contributed by atoms with Gasteiger partial charge in [-0.3, -0.25) is 9.59 Å². The van der Waals surface area contributed by atoms with E-state index in [1.54, 1.807) is 36.4 Å². The maximum absolute atomic E-state index is 12.5. The van der Waals surface area contributed by atoms with Crippen molar-refractivity contribution in [1.29, 1.82) is 0 Å². The zero-order chi connectivity index (χ0) is 19.2. The maximum atomic E-state index is 12.5. The van der Waals surface area contributed by atoms with Gasteiger partial charge in [-0.2, -0.15) is 0 Å². The zero-order valence-corrected chi connectivity index (χ0v) is 15.3. The van der Waals surface area contributed by atoms with Crippen molar-refractivity contribution in [3.8, 4) is 11.5 Å². The van der Waals surface area contributed by atoms with E-state index in [1.807, 2.05) is 18.2 Å². The summed E-state index contributed by atoms with van der Waals surface area (Å²) in [5.41, 5.74) is 0.420. The lowest BCUT2D eigenvalue weighted by atomic mass is 10.2. The van der Waals surface area contributed by atoms with E-state index in [-0.39, 0.29) is 0 Å². The van der Waals surface area contributed by atoms with Crippen LogP contribution in [0.4, 0.5) is 11.5 Å². The lowest BCUT2D eigenvalue weighted by molar-refractivity contribution is -0.143. The van der Waals surface area contributed by atoms with Crippen LogP contribution in [0.15, 0.2) is 42.6 Å². The van der Waals surface area contributed by atoms with E-state index in [4.69, 9.17) is 9.47 Å². The van der Waals surface area contributed by atoms with Crippen LogP contribution in [0.5, 0.6) is 11.5 Å². The fraction of sp³-hybridized carbons (Fsp3) is 0.316. The average Bonchev–Trinajstić information content (AvgIpc) is 2.74. The first kappa shape index (κ1) is 18.5. The second-order valence-corrected chi connectivity index (χ2v) is 5.99. The van der Waals surface area contributed by atoms with E-state index < -0.39 is 11.8 Å². The fourth-order valence-electron chi connectivity index (χ4n) is 2.90. The first-order valence-electron chi connectivity index (χ1n) is 8.60. The summed E-state index contributed by atoms with van der Waals surface area (Å²) < 4.78 is 10.4. The van der Waals surface area contributed by atoms with Crippen molar-refractivity contribution < 1.29 is 19.1 Å². The number of amides is 2. The Morgan fingerprint density at radius 2 is 1.81 bits per heavy atom. The van der Waals surface area contributed by atoms with Crippen molar-refractivity contribution in [3.05, 3.63) is 42.6 Å². The maximum Gasteiger partial charge on any atom is 0.314 e. The van der Waals surface area contributed by atoms with Gasteiger partial charge in [-0.05, 0) is 24.3 Å². The third-order valence-corrected chi connectivity index (χ3v) is 4.39. The number of carbonyl (C=O) groups is 2. The molecule has 1 fully saturated rings. The molecule has 8 nitrogen and oxygen atoms in total. The van der Waals surface area contributed by atoms with Gasteiger partial charge in [0.2, 0.25) is 0 Å². The molecule has 1 aromatic heterocycles. The zero-order valence-electron chi connectivity index (χ0n) is 15.3. The number of benzene rings is 1. The molecule has 2 amide bonds. The molecule has 1 saturated heterocycles. The molecule has 8 heteroatoms. The van der Waals surface area contributed by atoms with Gasteiger partial charge in [0.1, 0.15) is 17.3 Å². The van der Waals surface area contributed by atoms with Gasteiger partial charge in [-0.1, -0.05) is 6.07 Å². The number of rotatable bonds is 4. The van der Waals surface area contributed by atoms with E-state index in [9.17, 15) is 9.59 Å². The van der Waals surface area contributed by atoms with E-state index >= 15 is 0 Å². The molecular formula is C19H22N4O4. The predicted molar refractivity (Wildman–Crippen MR) is 101 cm³/mol. The number of piperazine rings is 1. The molecule has 1 aromatic carbocycles. The van der Waals surface area contributed by atoms with Crippen LogP contribution in [0.25, 0.3) is 0 Å². The van der Waals surface area contributed by atoms with Crippen LogP contribution in [0.1, 0.15) is 0 Å². The molecule has 3 rings (SSSR count). The molecular weight excluding hydrogens is 348 g/mol. The Balaban J connectivity index is 1.59. The molecule has 1 aliphatic rings. The Morgan fingerprint density at radius 3 is 2.44 bits per heavy atom. The summed E-state index contributed by atoms with van der Waals surface area (Å²) >= 11 is 0. The number of nitrogens with one attached hydrogen (secondary N) is 1. The third kappa shape index (κ3) is 4.28. The number of nitrogens with zero attached hydrogens (tertiary/aromatic N) is 3. The van der Waals surface area contributed by atoms with Crippen LogP contribution in [0.2, 0.25) is 0 Å². The number of pyridine rings is 1. The minimum atomic E-state index is -0.690. The van der Waals surface area contributed by atoms with Gasteiger partial charge in [0.25, 0.3) is 0 Å². The van der Waals surface area contributed by atoms with Gasteiger partial charge in [-0.25, -0.2) is 4.98 Å². The van der Waals surface area contributed by atoms with Crippen LogP contribution in [0, 0.1) is 0 Å². The summed E-state index contributed by atoms with van der Waals surface area (Å²) in [5, 5.41) is 2.62. The number of hydrogen-bond acceptors (Lipinski definition) is 6. The number of hydrogen-bond donors (Lipinski definition) is 1. The highest BCUT2D eigenvalue weighted by Crippen LogP contribution is 2.29. The smallest absolute Gasteiger partial charge is 0.314 e. The highest BCUT2D eigenvalue weighted by Gasteiger charge is 2.27. The van der Waals surface area contributed by atoms with Crippen LogP contribution in [-0.4, -0.2) is 62.1 Å². The van der Waals surface area contributed by atoms with Crippen LogP contribution in [-0.2, 0) is 9.59 Å². The topological polar surface area (TPSA) is 84.0 Å². The van der Waals surface area contributed by atoms with Crippen LogP contribution >= 0.6 is 0 Å². The Morgan fingerprint density at radius 1 is 1.04 bits per heavy atom. The molecule has 0 unspecified atom stereocenters. The van der Waals surface area contributed by atoms with E-state index in [2.05, 4.69) is 15.2 Å². The number of carbonyl (C=O) groups excluding carboxylic acids is 2. The standard InChI is InChI=1S/C19H22N4O4/c1-26-14-6-7-15(16(13-14)27-2)21-18(24)19(25)23-11-9-22(10-12-23)17-5-3-4-8-20-17/h3-8,13H,9-12H2,1-2H3,(H,21,24). The average molecular weight is 370 g/mol. The molecule has 142 valence electrons. The predicted octanol–water partition coefficient (Wildman–Crippen LogP) is 1.39. The van der Waals surface area contributed by atoms with Crippen molar-refractivity contribution >= 4 is 23.3 Å². The summed E-state index contributed by atoms with van der Waals surface area (Å²) in [7, 11) is 3.03.